The third kappa shape index (κ3) is 3.43. The van der Waals surface area contributed by atoms with Gasteiger partial charge in [0.1, 0.15) is 17.2 Å². The maximum absolute atomic E-state index is 10.5. The van der Waals surface area contributed by atoms with Gasteiger partial charge in [0, 0.05) is 24.4 Å². The van der Waals surface area contributed by atoms with Crippen LogP contribution in [0.1, 0.15) is 19.4 Å². The summed E-state index contributed by atoms with van der Waals surface area (Å²) < 4.78 is 7.39. The molecule has 0 spiro atoms. The molecule has 0 bridgehead atoms. The number of aromatic nitrogens is 3. The van der Waals surface area contributed by atoms with E-state index in [1.807, 2.05) is 34.9 Å². The summed E-state index contributed by atoms with van der Waals surface area (Å²) >= 11 is 1.80. The fourth-order valence-electron chi connectivity index (χ4n) is 3.38. The van der Waals surface area contributed by atoms with Crippen LogP contribution in [0.2, 0.25) is 0 Å². The van der Waals surface area contributed by atoms with Crippen molar-refractivity contribution in [3.05, 3.63) is 42.2 Å². The van der Waals surface area contributed by atoms with Crippen LogP contribution in [-0.4, -0.2) is 50.8 Å². The second-order valence-electron chi connectivity index (χ2n) is 7.41. The van der Waals surface area contributed by atoms with Gasteiger partial charge in [-0.1, -0.05) is 6.07 Å². The molecular weight excluding hydrogens is 374 g/mol. The Bertz CT molecular complexity index is 996. The van der Waals surface area contributed by atoms with E-state index in [9.17, 15) is 5.11 Å². The molecule has 1 aliphatic rings. The van der Waals surface area contributed by atoms with Gasteiger partial charge in [-0.2, -0.15) is 0 Å². The van der Waals surface area contributed by atoms with Crippen molar-refractivity contribution in [3.63, 3.8) is 0 Å². The van der Waals surface area contributed by atoms with Crippen molar-refractivity contribution < 1.29 is 9.84 Å². The second kappa shape index (κ2) is 7.27. The van der Waals surface area contributed by atoms with Crippen LogP contribution in [0.4, 0.5) is 5.82 Å². The summed E-state index contributed by atoms with van der Waals surface area (Å²) in [6.45, 7) is 4.41. The number of anilines is 1. The van der Waals surface area contributed by atoms with E-state index in [0.717, 1.165) is 29.4 Å². The Morgan fingerprint density at radius 3 is 2.86 bits per heavy atom. The van der Waals surface area contributed by atoms with E-state index in [2.05, 4.69) is 21.9 Å². The molecule has 8 heteroatoms. The summed E-state index contributed by atoms with van der Waals surface area (Å²) in [5.41, 5.74) is 2.07. The molecule has 7 nitrogen and oxygen atoms in total. The largest absolute Gasteiger partial charge is 0.496 e. The lowest BCUT2D eigenvalue weighted by Crippen LogP contribution is -2.59. The number of hydrogen-bond acceptors (Lipinski definition) is 7. The normalized spacial score (nSPS) is 19.5. The van der Waals surface area contributed by atoms with E-state index in [1.165, 1.54) is 0 Å². The average Bonchev–Trinajstić information content (AvgIpc) is 3.07. The lowest BCUT2D eigenvalue weighted by atomic mass is 9.99. The van der Waals surface area contributed by atoms with Crippen molar-refractivity contribution >= 4 is 23.2 Å². The summed E-state index contributed by atoms with van der Waals surface area (Å²) in [7, 11) is 1.60. The number of thioether (sulfide) groups is 1. The van der Waals surface area contributed by atoms with Crippen LogP contribution < -0.4 is 15.4 Å². The maximum Gasteiger partial charge on any atom is 0.140 e. The van der Waals surface area contributed by atoms with Crippen molar-refractivity contribution in [1.82, 2.24) is 19.7 Å². The minimum absolute atomic E-state index is 0.367. The quantitative estimate of drug-likeness (QED) is 0.588. The van der Waals surface area contributed by atoms with Crippen LogP contribution in [0.15, 0.2) is 36.7 Å². The van der Waals surface area contributed by atoms with Crippen molar-refractivity contribution in [2.24, 2.45) is 0 Å². The van der Waals surface area contributed by atoms with Crippen LogP contribution in [0.3, 0.4) is 0 Å². The molecule has 0 aliphatic carbocycles. The predicted octanol–water partition coefficient (Wildman–Crippen LogP) is 2.71. The molecule has 4 rings (SSSR count). The Labute approximate surface area is 168 Å². The highest BCUT2D eigenvalue weighted by molar-refractivity contribution is 7.99. The number of aliphatic hydroxyl groups is 1. The number of imidazole rings is 1. The summed E-state index contributed by atoms with van der Waals surface area (Å²) in [5, 5.41) is 17.8. The van der Waals surface area contributed by atoms with Crippen molar-refractivity contribution in [2.45, 2.75) is 30.9 Å². The van der Waals surface area contributed by atoms with Crippen LogP contribution >= 0.6 is 11.8 Å². The zero-order valence-corrected chi connectivity index (χ0v) is 17.2. The number of pyridine rings is 2. The Balaban J connectivity index is 1.72. The first kappa shape index (κ1) is 19.0. The zero-order valence-electron chi connectivity index (χ0n) is 16.4. The molecule has 3 aromatic rings. The predicted molar refractivity (Wildman–Crippen MR) is 113 cm³/mol. The molecule has 0 radical (unpaired) electrons. The van der Waals surface area contributed by atoms with Crippen LogP contribution in [0.5, 0.6) is 5.75 Å². The van der Waals surface area contributed by atoms with Gasteiger partial charge in [-0.3, -0.25) is 4.40 Å². The first-order valence-corrected chi connectivity index (χ1v) is 10.5. The Kier molecular flexibility index (Phi) is 4.95. The maximum atomic E-state index is 10.5. The van der Waals surface area contributed by atoms with E-state index in [-0.39, 0.29) is 0 Å². The molecule has 0 saturated carbocycles. The molecule has 148 valence electrons. The Morgan fingerprint density at radius 2 is 2.21 bits per heavy atom. The van der Waals surface area contributed by atoms with Crippen molar-refractivity contribution in [2.75, 3.05) is 25.2 Å². The number of hydrogen-bond donors (Lipinski definition) is 3. The van der Waals surface area contributed by atoms with Gasteiger partial charge in [-0.05, 0) is 32.2 Å². The van der Waals surface area contributed by atoms with E-state index >= 15 is 0 Å². The molecule has 28 heavy (non-hydrogen) atoms. The minimum Gasteiger partial charge on any atom is -0.496 e. The third-order valence-electron chi connectivity index (χ3n) is 4.99. The summed E-state index contributed by atoms with van der Waals surface area (Å²) in [4.78, 5) is 9.29. The third-order valence-corrected chi connectivity index (χ3v) is 5.99. The summed E-state index contributed by atoms with van der Waals surface area (Å²) in [5.74, 6) is 1.45. The Morgan fingerprint density at radius 1 is 1.39 bits per heavy atom. The number of nitrogens with one attached hydrogen (secondary N) is 2. The second-order valence-corrected chi connectivity index (χ2v) is 8.39. The zero-order chi connectivity index (χ0) is 19.9. The van der Waals surface area contributed by atoms with Gasteiger partial charge in [0.25, 0.3) is 0 Å². The lowest BCUT2D eigenvalue weighted by Gasteiger charge is -2.37. The van der Waals surface area contributed by atoms with Gasteiger partial charge in [-0.15, -0.1) is 11.8 Å². The highest BCUT2D eigenvalue weighted by Crippen LogP contribution is 2.32. The van der Waals surface area contributed by atoms with Crippen LogP contribution in [0, 0.1) is 0 Å². The van der Waals surface area contributed by atoms with Gasteiger partial charge in [-0.25, -0.2) is 9.97 Å². The molecule has 1 fully saturated rings. The van der Waals surface area contributed by atoms with E-state index in [1.54, 1.807) is 38.9 Å². The standard InChI is InChI=1S/C20H25N5O2S/c1-20(2,26)12-11-25-15(10-21-18(25)8-16(12)27-3)13-6-5-7-17(23-13)24-14-9-22-19(14)28-4/h5-8,10-11,14,19,22,26H,9H2,1-4H3,(H,23,24)/t14-,19?/m1/s1. The summed E-state index contributed by atoms with van der Waals surface area (Å²) in [6, 6.07) is 8.14. The SMILES string of the molecule is COc1cc2ncc(-c3cccc(N[C@@H]4CNC4SC)n3)n2cc1C(C)(C)O. The van der Waals surface area contributed by atoms with Gasteiger partial charge < -0.3 is 20.5 Å². The number of nitrogens with zero attached hydrogens (tertiary/aromatic N) is 3. The number of rotatable bonds is 6. The molecule has 0 amide bonds. The fraction of sp³-hybridized carbons (Fsp3) is 0.400. The topological polar surface area (TPSA) is 83.7 Å². The summed E-state index contributed by atoms with van der Waals surface area (Å²) in [6.07, 6.45) is 5.77. The first-order chi connectivity index (χ1) is 13.4. The highest BCUT2D eigenvalue weighted by atomic mass is 32.2. The highest BCUT2D eigenvalue weighted by Gasteiger charge is 2.29. The van der Waals surface area contributed by atoms with Gasteiger partial charge >= 0.3 is 0 Å². The van der Waals surface area contributed by atoms with Crippen molar-refractivity contribution in [1.29, 1.82) is 0 Å². The van der Waals surface area contributed by atoms with E-state index in [0.29, 0.717) is 22.7 Å². The molecule has 1 aliphatic heterocycles. The molecule has 1 unspecified atom stereocenters. The van der Waals surface area contributed by atoms with Gasteiger partial charge in [0.2, 0.25) is 0 Å². The minimum atomic E-state index is -1.04. The van der Waals surface area contributed by atoms with Gasteiger partial charge in [0.05, 0.1) is 41.7 Å². The van der Waals surface area contributed by atoms with E-state index < -0.39 is 5.60 Å². The molecule has 3 N–H and O–H groups in total. The van der Waals surface area contributed by atoms with E-state index in [4.69, 9.17) is 9.72 Å². The van der Waals surface area contributed by atoms with Crippen LogP contribution in [-0.2, 0) is 5.60 Å². The number of methoxy groups -OCH3 is 1. The first-order valence-electron chi connectivity index (χ1n) is 9.19. The van der Waals surface area contributed by atoms with Crippen LogP contribution in [0.25, 0.3) is 17.0 Å². The van der Waals surface area contributed by atoms with Crippen molar-refractivity contribution in [3.8, 4) is 17.1 Å². The average molecular weight is 400 g/mol. The monoisotopic (exact) mass is 399 g/mol. The van der Waals surface area contributed by atoms with Gasteiger partial charge in [0.15, 0.2) is 0 Å². The molecule has 3 aromatic heterocycles. The smallest absolute Gasteiger partial charge is 0.140 e. The lowest BCUT2D eigenvalue weighted by molar-refractivity contribution is 0.0752. The number of ether oxygens (including phenoxy) is 1. The molecule has 1 saturated heterocycles. The molecular formula is C20H25N5O2S. The fourth-order valence-corrected chi connectivity index (χ4v) is 4.13. The number of fused-ring (bicyclic) bond motifs is 1. The Hall–Kier alpha value is -2.29. The molecule has 0 aromatic carbocycles. The molecule has 4 heterocycles. The molecule has 2 atom stereocenters.